The molecule has 29 heavy (non-hydrogen) atoms. The first-order chi connectivity index (χ1) is 14.1. The molecule has 4 heteroatoms. The van der Waals surface area contributed by atoms with Gasteiger partial charge in [0.1, 0.15) is 0 Å². The number of carbonyl (C=O) groups excluding carboxylic acids is 1. The number of aromatic nitrogens is 2. The van der Waals surface area contributed by atoms with Crippen LogP contribution < -0.4 is 5.32 Å². The fourth-order valence-corrected chi connectivity index (χ4v) is 3.62. The van der Waals surface area contributed by atoms with Crippen molar-refractivity contribution in [3.63, 3.8) is 0 Å². The van der Waals surface area contributed by atoms with Gasteiger partial charge in [0.25, 0.3) is 0 Å². The number of unbranched alkanes of at least 4 members (excludes halogenated alkanes) is 1. The molecule has 1 amide bonds. The molecule has 0 saturated carbocycles. The van der Waals surface area contributed by atoms with Gasteiger partial charge in [-0.15, -0.1) is 0 Å². The van der Waals surface area contributed by atoms with E-state index in [0.717, 1.165) is 49.2 Å². The average Bonchev–Trinajstić information content (AvgIpc) is 2.70. The molecule has 0 spiro atoms. The number of rotatable bonds is 8. The van der Waals surface area contributed by atoms with E-state index in [1.807, 2.05) is 32.9 Å². The second kappa shape index (κ2) is 10.1. The molecule has 0 atom stereocenters. The number of hydrogen-bond acceptors (Lipinski definition) is 3. The number of aryl methyl sites for hydroxylation is 3. The first kappa shape index (κ1) is 21.0. The van der Waals surface area contributed by atoms with Crippen LogP contribution in [0.4, 0.5) is 5.82 Å². The first-order valence-corrected chi connectivity index (χ1v) is 10.6. The fourth-order valence-electron chi connectivity index (χ4n) is 3.62. The number of benzene rings is 1. The highest BCUT2D eigenvalue weighted by Crippen LogP contribution is 2.33. The number of allylic oxidation sites excluding steroid dienone is 4. The summed E-state index contributed by atoms with van der Waals surface area (Å²) in [6.45, 7) is 6.11. The van der Waals surface area contributed by atoms with Crippen molar-refractivity contribution in [1.29, 1.82) is 0 Å². The van der Waals surface area contributed by atoms with Gasteiger partial charge in [0.15, 0.2) is 5.82 Å². The average molecular weight is 390 g/mol. The number of amides is 1. The lowest BCUT2D eigenvalue weighted by atomic mass is 9.91. The van der Waals surface area contributed by atoms with Crippen molar-refractivity contribution < 1.29 is 4.79 Å². The number of carbonyl (C=O) groups is 1. The maximum Gasteiger partial charge on any atom is 0.225 e. The molecule has 1 aromatic carbocycles. The van der Waals surface area contributed by atoms with Gasteiger partial charge < -0.3 is 5.32 Å². The van der Waals surface area contributed by atoms with Crippen LogP contribution in [0.5, 0.6) is 0 Å². The third-order valence-corrected chi connectivity index (χ3v) is 5.02. The van der Waals surface area contributed by atoms with Crippen molar-refractivity contribution >= 4 is 11.7 Å². The molecule has 0 bridgehead atoms. The van der Waals surface area contributed by atoms with Gasteiger partial charge in [-0.05, 0) is 50.5 Å². The maximum absolute atomic E-state index is 12.4. The predicted molar refractivity (Wildman–Crippen MR) is 120 cm³/mol. The Balaban J connectivity index is 1.87. The summed E-state index contributed by atoms with van der Waals surface area (Å²) in [7, 11) is 0. The standard InChI is InChI=1S/C25H31N3O/c1-4-5-6-7-8-9-14-22-25(28-23(29)17-18(2)3)27-21-16-15-19-12-10-11-13-20(19)24(21)26-22/h4-7,10-13,18H,8-9,14-17H2,1-3H3,(H,27,28,29)/b5-4-,7-6-. The van der Waals surface area contributed by atoms with E-state index < -0.39 is 0 Å². The molecule has 0 aliphatic heterocycles. The van der Waals surface area contributed by atoms with E-state index in [2.05, 4.69) is 41.7 Å². The van der Waals surface area contributed by atoms with Crippen LogP contribution in [0.25, 0.3) is 11.3 Å². The van der Waals surface area contributed by atoms with Crippen LogP contribution in [0.2, 0.25) is 0 Å². The van der Waals surface area contributed by atoms with Crippen molar-refractivity contribution in [2.45, 2.75) is 59.3 Å². The molecular formula is C25H31N3O. The van der Waals surface area contributed by atoms with E-state index in [9.17, 15) is 4.79 Å². The van der Waals surface area contributed by atoms with E-state index in [0.29, 0.717) is 18.2 Å². The van der Waals surface area contributed by atoms with Gasteiger partial charge in [-0.1, -0.05) is 62.4 Å². The second-order valence-corrected chi connectivity index (χ2v) is 7.96. The van der Waals surface area contributed by atoms with Crippen molar-refractivity contribution in [1.82, 2.24) is 9.97 Å². The first-order valence-electron chi connectivity index (χ1n) is 10.6. The maximum atomic E-state index is 12.4. The number of nitrogens with one attached hydrogen (secondary N) is 1. The van der Waals surface area contributed by atoms with Gasteiger partial charge in [-0.2, -0.15) is 0 Å². The molecule has 4 nitrogen and oxygen atoms in total. The highest BCUT2D eigenvalue weighted by atomic mass is 16.1. The SMILES string of the molecule is C/C=C\C=C/CCCc1nc2c(nc1NC(=O)CC(C)C)CCc1ccccc1-2. The van der Waals surface area contributed by atoms with Gasteiger partial charge in [0, 0.05) is 12.0 Å². The normalized spacial score (nSPS) is 13.1. The molecular weight excluding hydrogens is 358 g/mol. The zero-order valence-corrected chi connectivity index (χ0v) is 17.7. The zero-order chi connectivity index (χ0) is 20.6. The topological polar surface area (TPSA) is 54.9 Å². The lowest BCUT2D eigenvalue weighted by Gasteiger charge is -2.21. The minimum Gasteiger partial charge on any atom is -0.309 e. The molecule has 0 unspecified atom stereocenters. The quantitative estimate of drug-likeness (QED) is 0.467. The number of anilines is 1. The van der Waals surface area contributed by atoms with Gasteiger partial charge in [0.05, 0.1) is 17.1 Å². The van der Waals surface area contributed by atoms with Gasteiger partial charge in [-0.25, -0.2) is 9.97 Å². The Hall–Kier alpha value is -2.75. The van der Waals surface area contributed by atoms with E-state index in [4.69, 9.17) is 9.97 Å². The summed E-state index contributed by atoms with van der Waals surface area (Å²) in [5.41, 5.74) is 5.35. The Morgan fingerprint density at radius 2 is 2.00 bits per heavy atom. The molecule has 0 radical (unpaired) electrons. The van der Waals surface area contributed by atoms with Crippen LogP contribution in [-0.2, 0) is 24.1 Å². The van der Waals surface area contributed by atoms with Crippen LogP contribution in [0, 0.1) is 5.92 Å². The van der Waals surface area contributed by atoms with Crippen molar-refractivity contribution in [2.24, 2.45) is 5.92 Å². The number of nitrogens with zero attached hydrogens (tertiary/aromatic N) is 2. The monoisotopic (exact) mass is 389 g/mol. The summed E-state index contributed by atoms with van der Waals surface area (Å²) in [5.74, 6) is 0.971. The van der Waals surface area contributed by atoms with E-state index in [1.165, 1.54) is 11.1 Å². The minimum absolute atomic E-state index is 0.0136. The smallest absolute Gasteiger partial charge is 0.225 e. The third-order valence-electron chi connectivity index (χ3n) is 5.02. The number of fused-ring (bicyclic) bond motifs is 3. The summed E-state index contributed by atoms with van der Waals surface area (Å²) < 4.78 is 0. The minimum atomic E-state index is 0.0136. The lowest BCUT2D eigenvalue weighted by molar-refractivity contribution is -0.116. The van der Waals surface area contributed by atoms with Crippen LogP contribution in [0.1, 0.15) is 57.0 Å². The molecule has 1 aliphatic carbocycles. The molecule has 0 fully saturated rings. The van der Waals surface area contributed by atoms with Gasteiger partial charge in [0.2, 0.25) is 5.91 Å². The molecule has 3 rings (SSSR count). The summed E-state index contributed by atoms with van der Waals surface area (Å²) in [4.78, 5) is 22.3. The summed E-state index contributed by atoms with van der Waals surface area (Å²) in [5, 5.41) is 3.04. The van der Waals surface area contributed by atoms with Crippen molar-refractivity contribution in [2.75, 3.05) is 5.32 Å². The van der Waals surface area contributed by atoms with Crippen molar-refractivity contribution in [3.8, 4) is 11.3 Å². The van der Waals surface area contributed by atoms with Crippen LogP contribution in [0.3, 0.4) is 0 Å². The van der Waals surface area contributed by atoms with Gasteiger partial charge >= 0.3 is 0 Å². The number of hydrogen-bond donors (Lipinski definition) is 1. The van der Waals surface area contributed by atoms with Crippen LogP contribution in [-0.4, -0.2) is 15.9 Å². The highest BCUT2D eigenvalue weighted by molar-refractivity contribution is 5.90. The molecule has 152 valence electrons. The van der Waals surface area contributed by atoms with E-state index in [1.54, 1.807) is 0 Å². The lowest BCUT2D eigenvalue weighted by Crippen LogP contribution is -2.19. The highest BCUT2D eigenvalue weighted by Gasteiger charge is 2.22. The predicted octanol–water partition coefficient (Wildman–Crippen LogP) is 5.68. The van der Waals surface area contributed by atoms with Crippen LogP contribution in [0.15, 0.2) is 48.6 Å². The zero-order valence-electron chi connectivity index (χ0n) is 17.7. The second-order valence-electron chi connectivity index (χ2n) is 7.96. The van der Waals surface area contributed by atoms with Crippen LogP contribution >= 0.6 is 0 Å². The largest absolute Gasteiger partial charge is 0.309 e. The molecule has 2 aromatic rings. The van der Waals surface area contributed by atoms with Gasteiger partial charge in [-0.3, -0.25) is 4.79 Å². The Kier molecular flexibility index (Phi) is 7.34. The molecule has 0 saturated heterocycles. The molecule has 1 N–H and O–H groups in total. The summed E-state index contributed by atoms with van der Waals surface area (Å²) in [6, 6.07) is 8.43. The molecule has 1 heterocycles. The van der Waals surface area contributed by atoms with E-state index in [-0.39, 0.29) is 5.91 Å². The summed E-state index contributed by atoms with van der Waals surface area (Å²) >= 11 is 0. The Bertz CT molecular complexity index is 912. The third kappa shape index (κ3) is 5.63. The Labute approximate surface area is 174 Å². The summed E-state index contributed by atoms with van der Waals surface area (Å²) in [6.07, 6.45) is 13.3. The molecule has 1 aliphatic rings. The van der Waals surface area contributed by atoms with Crippen molar-refractivity contribution in [3.05, 3.63) is 65.5 Å². The fraction of sp³-hybridized carbons (Fsp3) is 0.400. The molecule has 1 aromatic heterocycles. The Morgan fingerprint density at radius 1 is 1.17 bits per heavy atom. The Morgan fingerprint density at radius 3 is 2.79 bits per heavy atom. The van der Waals surface area contributed by atoms with E-state index >= 15 is 0 Å².